The molecule has 1 unspecified atom stereocenters. The molecule has 0 bridgehead atoms. The number of piperidine rings is 1. The zero-order valence-corrected chi connectivity index (χ0v) is 21.6. The number of rotatable bonds is 7. The maximum Gasteiger partial charge on any atom is 0.412 e. The Kier molecular flexibility index (Phi) is 7.61. The Bertz CT molecular complexity index is 1340. The fourth-order valence-corrected chi connectivity index (χ4v) is 5.53. The summed E-state index contributed by atoms with van der Waals surface area (Å²) in [6, 6.07) is 16.3. The fraction of sp³-hybridized carbons (Fsp3) is 0.333. The molecule has 0 radical (unpaired) electrons. The molecule has 3 aromatic rings. The summed E-state index contributed by atoms with van der Waals surface area (Å²) in [5, 5.41) is 2.65. The lowest BCUT2D eigenvalue weighted by atomic mass is 9.82. The molecule has 3 aromatic carbocycles. The number of likely N-dealkylation sites (N-methyl/N-ethyl adjacent to an activating group) is 1. The minimum Gasteiger partial charge on any atom is -0.438 e. The summed E-state index contributed by atoms with van der Waals surface area (Å²) in [6.07, 6.45) is 0.943. The van der Waals surface area contributed by atoms with E-state index in [1.807, 2.05) is 0 Å². The topological polar surface area (TPSA) is 61.9 Å². The summed E-state index contributed by atoms with van der Waals surface area (Å²) in [5.74, 6) is -1.72. The van der Waals surface area contributed by atoms with Gasteiger partial charge in [-0.1, -0.05) is 24.3 Å². The van der Waals surface area contributed by atoms with Crippen LogP contribution in [0.4, 0.5) is 23.7 Å². The summed E-state index contributed by atoms with van der Waals surface area (Å²) < 4.78 is 46.7. The maximum atomic E-state index is 14.0. The van der Waals surface area contributed by atoms with Gasteiger partial charge in [0.15, 0.2) is 0 Å². The predicted molar refractivity (Wildman–Crippen MR) is 140 cm³/mol. The number of fused-ring (bicyclic) bond motifs is 2. The van der Waals surface area contributed by atoms with Crippen LogP contribution in [0.2, 0.25) is 0 Å². The van der Waals surface area contributed by atoms with Crippen LogP contribution >= 0.6 is 0 Å². The van der Waals surface area contributed by atoms with Crippen molar-refractivity contribution in [1.82, 2.24) is 9.80 Å². The normalized spacial score (nSPS) is 17.2. The molecule has 1 N–H and O–H groups in total. The zero-order valence-electron chi connectivity index (χ0n) is 21.6. The average molecular weight is 538 g/mol. The lowest BCUT2D eigenvalue weighted by molar-refractivity contribution is -0.132. The van der Waals surface area contributed by atoms with Crippen molar-refractivity contribution in [3.8, 4) is 0 Å². The lowest BCUT2D eigenvalue weighted by Gasteiger charge is -2.44. The maximum absolute atomic E-state index is 14.0. The fourth-order valence-electron chi connectivity index (χ4n) is 5.53. The van der Waals surface area contributed by atoms with Gasteiger partial charge in [-0.05, 0) is 66.6 Å². The standard InChI is InChI=1S/C30H30F3N3O3/c1-35(19-20-2-6-22(31)7-3-20)28(37)25(21-4-8-23(32)9-5-21)12-15-36-16-13-30(14-17-36)26-18-24(33)10-11-27(26)34-29(38)39-30/h2-11,18,25H,12-17,19H2,1H3,(H,34,38). The molecule has 39 heavy (non-hydrogen) atoms. The number of hydrogen-bond acceptors (Lipinski definition) is 4. The second kappa shape index (κ2) is 11.1. The van der Waals surface area contributed by atoms with Gasteiger partial charge >= 0.3 is 6.09 Å². The average Bonchev–Trinajstić information content (AvgIpc) is 2.92. The molecule has 1 saturated heterocycles. The molecule has 5 rings (SSSR count). The Morgan fingerprint density at radius 2 is 1.59 bits per heavy atom. The molecule has 9 heteroatoms. The van der Waals surface area contributed by atoms with Crippen LogP contribution in [0.25, 0.3) is 0 Å². The minimum atomic E-state index is -0.891. The first kappa shape index (κ1) is 26.7. The number of ether oxygens (including phenoxy) is 1. The Morgan fingerprint density at radius 1 is 0.974 bits per heavy atom. The summed E-state index contributed by atoms with van der Waals surface area (Å²) in [5.41, 5.74) is 1.84. The van der Waals surface area contributed by atoms with Crippen LogP contribution < -0.4 is 5.32 Å². The van der Waals surface area contributed by atoms with Crippen molar-refractivity contribution in [2.45, 2.75) is 37.3 Å². The van der Waals surface area contributed by atoms with E-state index in [-0.39, 0.29) is 23.4 Å². The first-order valence-electron chi connectivity index (χ1n) is 13.0. The monoisotopic (exact) mass is 537 g/mol. The van der Waals surface area contributed by atoms with Crippen LogP contribution in [0.1, 0.15) is 41.9 Å². The van der Waals surface area contributed by atoms with Crippen molar-refractivity contribution in [2.24, 2.45) is 0 Å². The molecule has 1 spiro atoms. The molecular weight excluding hydrogens is 507 g/mol. The van der Waals surface area contributed by atoms with Gasteiger partial charge in [0.2, 0.25) is 5.91 Å². The molecule has 0 aromatic heterocycles. The number of carbonyl (C=O) groups is 2. The Morgan fingerprint density at radius 3 is 2.26 bits per heavy atom. The van der Waals surface area contributed by atoms with Gasteiger partial charge in [-0.25, -0.2) is 18.0 Å². The molecule has 1 atom stereocenters. The van der Waals surface area contributed by atoms with E-state index >= 15 is 0 Å². The van der Waals surface area contributed by atoms with E-state index in [1.165, 1.54) is 36.4 Å². The zero-order chi connectivity index (χ0) is 27.6. The van der Waals surface area contributed by atoms with E-state index in [4.69, 9.17) is 4.74 Å². The van der Waals surface area contributed by atoms with Crippen LogP contribution in [0, 0.1) is 17.5 Å². The Hall–Kier alpha value is -3.85. The first-order valence-corrected chi connectivity index (χ1v) is 13.0. The third-order valence-corrected chi connectivity index (χ3v) is 7.67. The van der Waals surface area contributed by atoms with E-state index in [0.717, 1.165) is 11.1 Å². The highest BCUT2D eigenvalue weighted by Gasteiger charge is 2.44. The van der Waals surface area contributed by atoms with Crippen LogP contribution in [0.5, 0.6) is 0 Å². The summed E-state index contributed by atoms with van der Waals surface area (Å²) >= 11 is 0. The van der Waals surface area contributed by atoms with Crippen molar-refractivity contribution >= 4 is 17.7 Å². The Labute approximate surface area is 225 Å². The highest BCUT2D eigenvalue weighted by molar-refractivity contribution is 5.89. The number of carbonyl (C=O) groups excluding carboxylic acids is 2. The van der Waals surface area contributed by atoms with E-state index < -0.39 is 17.6 Å². The van der Waals surface area contributed by atoms with Crippen molar-refractivity contribution in [1.29, 1.82) is 0 Å². The smallest absolute Gasteiger partial charge is 0.412 e. The molecule has 2 amide bonds. The number of likely N-dealkylation sites (tertiary alicyclic amines) is 1. The number of halogens is 3. The number of nitrogens with zero attached hydrogens (tertiary/aromatic N) is 2. The third kappa shape index (κ3) is 5.93. The van der Waals surface area contributed by atoms with Gasteiger partial charge < -0.3 is 14.5 Å². The van der Waals surface area contributed by atoms with E-state index in [0.29, 0.717) is 56.7 Å². The number of nitrogens with one attached hydrogen (secondary N) is 1. The van der Waals surface area contributed by atoms with Crippen LogP contribution in [0.15, 0.2) is 66.7 Å². The Balaban J connectivity index is 1.27. The molecular formula is C30H30F3N3O3. The highest BCUT2D eigenvalue weighted by atomic mass is 19.1. The third-order valence-electron chi connectivity index (χ3n) is 7.67. The molecule has 6 nitrogen and oxygen atoms in total. The quantitative estimate of drug-likeness (QED) is 0.415. The van der Waals surface area contributed by atoms with Gasteiger partial charge in [0, 0.05) is 45.1 Å². The number of hydrogen-bond donors (Lipinski definition) is 1. The van der Waals surface area contributed by atoms with Gasteiger partial charge in [0.1, 0.15) is 23.1 Å². The van der Waals surface area contributed by atoms with Crippen molar-refractivity contribution < 1.29 is 27.5 Å². The van der Waals surface area contributed by atoms with Crippen molar-refractivity contribution in [3.05, 3.63) is 101 Å². The van der Waals surface area contributed by atoms with Crippen LogP contribution in [0.3, 0.4) is 0 Å². The molecule has 1 fully saturated rings. The van der Waals surface area contributed by atoms with E-state index in [1.54, 1.807) is 42.3 Å². The largest absolute Gasteiger partial charge is 0.438 e. The summed E-state index contributed by atoms with van der Waals surface area (Å²) in [7, 11) is 1.70. The van der Waals surface area contributed by atoms with Crippen LogP contribution in [-0.2, 0) is 21.7 Å². The minimum absolute atomic E-state index is 0.115. The van der Waals surface area contributed by atoms with Crippen molar-refractivity contribution in [3.63, 3.8) is 0 Å². The number of benzene rings is 3. The second-order valence-electron chi connectivity index (χ2n) is 10.3. The number of anilines is 1. The second-order valence-corrected chi connectivity index (χ2v) is 10.3. The summed E-state index contributed by atoms with van der Waals surface area (Å²) in [4.78, 5) is 29.6. The summed E-state index contributed by atoms with van der Waals surface area (Å²) in [6.45, 7) is 2.10. The number of amides is 2. The SMILES string of the molecule is CN(Cc1ccc(F)cc1)C(=O)C(CCN1CCC2(CC1)OC(=O)Nc1ccc(F)cc12)c1ccc(F)cc1. The molecule has 0 aliphatic carbocycles. The molecule has 0 saturated carbocycles. The van der Waals surface area contributed by atoms with E-state index in [9.17, 15) is 22.8 Å². The van der Waals surface area contributed by atoms with Gasteiger partial charge in [-0.2, -0.15) is 0 Å². The van der Waals surface area contributed by atoms with Gasteiger partial charge in [-0.15, -0.1) is 0 Å². The first-order chi connectivity index (χ1) is 18.7. The molecule has 204 valence electrons. The van der Waals surface area contributed by atoms with Crippen LogP contribution in [-0.4, -0.2) is 48.5 Å². The lowest BCUT2D eigenvalue weighted by Crippen LogP contribution is -2.48. The molecule has 2 aliphatic heterocycles. The molecule has 2 heterocycles. The highest BCUT2D eigenvalue weighted by Crippen LogP contribution is 2.44. The predicted octanol–water partition coefficient (Wildman–Crippen LogP) is 5.79. The van der Waals surface area contributed by atoms with Crippen molar-refractivity contribution in [2.75, 3.05) is 32.0 Å². The van der Waals surface area contributed by atoms with E-state index in [2.05, 4.69) is 10.2 Å². The van der Waals surface area contributed by atoms with Gasteiger partial charge in [-0.3, -0.25) is 10.1 Å². The molecule has 2 aliphatic rings. The van der Waals surface area contributed by atoms with Gasteiger partial charge in [0.05, 0.1) is 11.6 Å². The van der Waals surface area contributed by atoms with Gasteiger partial charge in [0.25, 0.3) is 0 Å².